The van der Waals surface area contributed by atoms with Crippen LogP contribution in [0.25, 0.3) is 0 Å². The Bertz CT molecular complexity index is 1440. The van der Waals surface area contributed by atoms with E-state index in [4.69, 9.17) is 9.47 Å². The Morgan fingerprint density at radius 1 is 0.494 bits per heavy atom. The fourth-order valence-electron chi connectivity index (χ4n) is 11.3. The van der Waals surface area contributed by atoms with Crippen LogP contribution in [0.4, 0.5) is 0 Å². The molecule has 1 fully saturated rings. The van der Waals surface area contributed by atoms with Crippen molar-refractivity contribution in [3.05, 3.63) is 12.2 Å². The first-order valence-electron chi connectivity index (χ1n) is 34.1. The van der Waals surface area contributed by atoms with E-state index in [0.717, 1.165) is 51.4 Å². The Morgan fingerprint density at radius 3 is 1.14 bits per heavy atom. The number of hydrogen-bond acceptors (Lipinski definition) is 10. The third-order valence-electron chi connectivity index (χ3n) is 16.6. The summed E-state index contributed by atoms with van der Waals surface area (Å²) in [4.78, 5) is 13.2. The second-order valence-corrected chi connectivity index (χ2v) is 25.2. The van der Waals surface area contributed by atoms with E-state index in [1.165, 1.54) is 270 Å². The highest BCUT2D eigenvalue weighted by atomic mass is 32.3. The summed E-state index contributed by atoms with van der Waals surface area (Å²) in [6.07, 6.45) is 61.0. The van der Waals surface area contributed by atoms with Gasteiger partial charge in [-0.05, 0) is 38.5 Å². The molecule has 0 aliphatic carbocycles. The molecule has 79 heavy (non-hydrogen) atoms. The van der Waals surface area contributed by atoms with Crippen molar-refractivity contribution in [2.45, 2.75) is 391 Å². The van der Waals surface area contributed by atoms with Crippen LogP contribution in [-0.4, -0.2) is 95.4 Å². The average Bonchev–Trinajstić information content (AvgIpc) is 3.44. The zero-order chi connectivity index (χ0) is 57.5. The van der Waals surface area contributed by atoms with E-state index in [1.54, 1.807) is 0 Å². The van der Waals surface area contributed by atoms with E-state index in [2.05, 4.69) is 35.5 Å². The van der Waals surface area contributed by atoms with Crippen LogP contribution in [0.5, 0.6) is 0 Å². The summed E-state index contributed by atoms with van der Waals surface area (Å²) in [5.41, 5.74) is 0. The summed E-state index contributed by atoms with van der Waals surface area (Å²) in [5, 5.41) is 45.3. The molecule has 0 spiro atoms. The molecule has 1 saturated heterocycles. The molecule has 6 N–H and O–H groups in total. The average molecular weight is 1140 g/mol. The second kappa shape index (κ2) is 56.0. The molecule has 0 saturated carbocycles. The SMILES string of the molecule is CCCCCCCCCCCCCC/C=C\CCCCCCCCCCCCCCCCC(=O)NC(COC1OC(CO)C(O)C(OS(=O)(=O)O)C1O)C(O)CCCCCCCCCCCCCCCCCCCCCCCC. The number of hydrogen-bond donors (Lipinski definition) is 6. The predicted molar refractivity (Wildman–Crippen MR) is 329 cm³/mol. The first kappa shape index (κ1) is 75.9. The minimum absolute atomic E-state index is 0.222. The maximum Gasteiger partial charge on any atom is 0.397 e. The van der Waals surface area contributed by atoms with Crippen molar-refractivity contribution in [3.8, 4) is 0 Å². The van der Waals surface area contributed by atoms with E-state index in [1.807, 2.05) is 0 Å². The minimum atomic E-state index is -5.08. The lowest BCUT2D eigenvalue weighted by atomic mass is 9.99. The van der Waals surface area contributed by atoms with E-state index < -0.39 is 59.9 Å². The van der Waals surface area contributed by atoms with Crippen molar-refractivity contribution in [2.75, 3.05) is 13.2 Å². The number of amides is 1. The highest BCUT2D eigenvalue weighted by molar-refractivity contribution is 7.80. The molecule has 0 aromatic rings. The van der Waals surface area contributed by atoms with Gasteiger partial charge in [0.2, 0.25) is 5.91 Å². The number of allylic oxidation sites excluding steroid dienone is 2. The van der Waals surface area contributed by atoms with Gasteiger partial charge in [-0.3, -0.25) is 9.35 Å². The third-order valence-corrected chi connectivity index (χ3v) is 17.0. The summed E-state index contributed by atoms with van der Waals surface area (Å²) >= 11 is 0. The first-order valence-corrected chi connectivity index (χ1v) is 35.4. The zero-order valence-corrected chi connectivity index (χ0v) is 52.3. The van der Waals surface area contributed by atoms with E-state index >= 15 is 0 Å². The molecule has 0 bridgehead atoms. The van der Waals surface area contributed by atoms with Crippen LogP contribution in [0.3, 0.4) is 0 Å². The van der Waals surface area contributed by atoms with Crippen molar-refractivity contribution in [1.29, 1.82) is 0 Å². The topological polar surface area (TPSA) is 192 Å². The monoisotopic (exact) mass is 1140 g/mol. The molecule has 0 radical (unpaired) electrons. The number of unbranched alkanes of at least 4 members (excludes halogenated alkanes) is 47. The lowest BCUT2D eigenvalue weighted by Gasteiger charge is -2.41. The molecule has 7 unspecified atom stereocenters. The van der Waals surface area contributed by atoms with E-state index in [0.29, 0.717) is 12.8 Å². The lowest BCUT2D eigenvalue weighted by Crippen LogP contribution is -2.61. The van der Waals surface area contributed by atoms with Gasteiger partial charge < -0.3 is 35.2 Å². The maximum absolute atomic E-state index is 13.2. The number of nitrogens with one attached hydrogen (secondary N) is 1. The van der Waals surface area contributed by atoms with Crippen LogP contribution in [0, 0.1) is 0 Å². The second-order valence-electron chi connectivity index (χ2n) is 24.1. The van der Waals surface area contributed by atoms with Crippen LogP contribution in [-0.2, 0) is 28.9 Å². The molecule has 12 nitrogen and oxygen atoms in total. The third kappa shape index (κ3) is 47.8. The molecular weight excluding hydrogens is 1010 g/mol. The number of carbonyl (C=O) groups is 1. The molecule has 1 aliphatic heterocycles. The summed E-state index contributed by atoms with van der Waals surface area (Å²) in [6, 6.07) is -0.857. The van der Waals surface area contributed by atoms with Crippen molar-refractivity contribution in [2.24, 2.45) is 0 Å². The zero-order valence-electron chi connectivity index (χ0n) is 51.5. The van der Waals surface area contributed by atoms with Crippen molar-refractivity contribution >= 4 is 16.3 Å². The molecule has 1 aliphatic rings. The van der Waals surface area contributed by atoms with Gasteiger partial charge >= 0.3 is 10.4 Å². The van der Waals surface area contributed by atoms with Crippen LogP contribution >= 0.6 is 0 Å². The van der Waals surface area contributed by atoms with E-state index in [-0.39, 0.29) is 12.5 Å². The Balaban J connectivity index is 2.24. The largest absolute Gasteiger partial charge is 0.397 e. The number of ether oxygens (including phenoxy) is 2. The lowest BCUT2D eigenvalue weighted by molar-refractivity contribution is -0.298. The molecule has 0 aromatic carbocycles. The standard InChI is InChI=1S/C66H129NO11S/c1-3-5-7-9-11-13-15-17-19-21-23-25-27-28-29-30-31-32-33-34-36-38-40-42-44-46-48-50-52-54-56-62(70)67-59(58-76-66-64(72)65(78-79(73,74)75)63(71)61(57-68)77-66)60(69)55-53-51-49-47-45-43-41-39-37-35-26-24-22-20-18-16-14-12-10-8-6-4-2/h28-29,59-61,63-66,68-69,71-72H,3-27,30-58H2,1-2H3,(H,67,70)(H,73,74,75)/b29-28-. The minimum Gasteiger partial charge on any atom is -0.394 e. The highest BCUT2D eigenvalue weighted by Crippen LogP contribution is 2.27. The molecular formula is C66H129NO11S. The van der Waals surface area contributed by atoms with Crippen LogP contribution in [0.15, 0.2) is 12.2 Å². The van der Waals surface area contributed by atoms with E-state index in [9.17, 15) is 38.2 Å². The van der Waals surface area contributed by atoms with Gasteiger partial charge in [0.05, 0.1) is 25.4 Å². The molecule has 13 heteroatoms. The summed E-state index contributed by atoms with van der Waals surface area (Å²) in [7, 11) is -5.08. The number of aliphatic hydroxyl groups is 4. The first-order chi connectivity index (χ1) is 38.5. The van der Waals surface area contributed by atoms with Crippen LogP contribution < -0.4 is 5.32 Å². The predicted octanol–water partition coefficient (Wildman–Crippen LogP) is 17.4. The van der Waals surface area contributed by atoms with Crippen molar-refractivity contribution in [3.63, 3.8) is 0 Å². The van der Waals surface area contributed by atoms with Crippen LogP contribution in [0.1, 0.15) is 348 Å². The van der Waals surface area contributed by atoms with Crippen molar-refractivity contribution in [1.82, 2.24) is 5.32 Å². The van der Waals surface area contributed by atoms with Gasteiger partial charge in [-0.2, -0.15) is 8.42 Å². The maximum atomic E-state index is 13.2. The summed E-state index contributed by atoms with van der Waals surface area (Å²) in [6.45, 7) is 3.52. The molecule has 1 heterocycles. The van der Waals surface area contributed by atoms with Gasteiger partial charge in [0, 0.05) is 6.42 Å². The normalized spacial score (nSPS) is 18.7. The summed E-state index contributed by atoms with van der Waals surface area (Å²) in [5.74, 6) is -0.222. The number of rotatable bonds is 61. The quantitative estimate of drug-likeness (QED) is 0.0193. The Kier molecular flexibility index (Phi) is 53.8. The van der Waals surface area contributed by atoms with Gasteiger partial charge in [0.25, 0.3) is 0 Å². The van der Waals surface area contributed by atoms with Gasteiger partial charge in [0.1, 0.15) is 24.4 Å². The molecule has 0 aromatic heterocycles. The Hall–Kier alpha value is -1.16. The Morgan fingerprint density at radius 2 is 0.810 bits per heavy atom. The highest BCUT2D eigenvalue weighted by Gasteiger charge is 2.48. The number of carbonyl (C=O) groups excluding carboxylic acids is 1. The van der Waals surface area contributed by atoms with Gasteiger partial charge in [0.15, 0.2) is 6.29 Å². The van der Waals surface area contributed by atoms with Gasteiger partial charge in [-0.1, -0.05) is 315 Å². The van der Waals surface area contributed by atoms with Gasteiger partial charge in [-0.25, -0.2) is 4.18 Å². The fraction of sp³-hybridized carbons (Fsp3) is 0.955. The molecule has 7 atom stereocenters. The van der Waals surface area contributed by atoms with Crippen molar-refractivity contribution < 1.29 is 51.8 Å². The molecule has 470 valence electrons. The van der Waals surface area contributed by atoms with Crippen LogP contribution in [0.2, 0.25) is 0 Å². The fourth-order valence-corrected chi connectivity index (χ4v) is 11.9. The number of aliphatic hydroxyl groups excluding tert-OH is 4. The smallest absolute Gasteiger partial charge is 0.394 e. The van der Waals surface area contributed by atoms with Gasteiger partial charge in [-0.15, -0.1) is 0 Å². The molecule has 1 amide bonds. The summed E-state index contributed by atoms with van der Waals surface area (Å²) < 4.78 is 48.1. The Labute approximate surface area is 487 Å². The molecule has 1 rings (SSSR count).